The molecule has 0 aromatic rings. The predicted octanol–water partition coefficient (Wildman–Crippen LogP) is 1.45. The fraction of sp³-hybridized carbons (Fsp3) is 0.857. The molecule has 0 aromatic carbocycles. The smallest absolute Gasteiger partial charge is 0.239 e. The number of hydrogen-bond donors (Lipinski definition) is 3. The number of amides is 2. The molecular weight excluding hydrogens is 278 g/mol. The van der Waals surface area contributed by atoms with Crippen molar-refractivity contribution in [3.63, 3.8) is 0 Å². The summed E-state index contributed by atoms with van der Waals surface area (Å²) in [5, 5.41) is 5.47. The monoisotopic (exact) mass is 307 g/mol. The zero-order valence-corrected chi connectivity index (χ0v) is 14.1. The molecule has 1 unspecified atom stereocenters. The normalized spacial score (nSPS) is 12.6. The van der Waals surface area contributed by atoms with Gasteiger partial charge < -0.3 is 16.4 Å². The second-order valence-corrected chi connectivity index (χ2v) is 6.64. The predicted molar refractivity (Wildman–Crippen MR) is 84.8 cm³/mol. The summed E-state index contributed by atoms with van der Waals surface area (Å²) in [4.78, 5) is 23.3. The van der Waals surface area contributed by atoms with Crippen LogP contribution in [-0.4, -0.2) is 30.9 Å². The van der Waals surface area contributed by atoms with E-state index in [4.69, 9.17) is 5.73 Å². The fourth-order valence-corrected chi connectivity index (χ4v) is 1.78. The van der Waals surface area contributed by atoms with Crippen LogP contribution in [0.2, 0.25) is 0 Å². The Hall–Kier alpha value is -0.810. The molecule has 20 heavy (non-hydrogen) atoms. The van der Waals surface area contributed by atoms with Crippen LogP contribution in [0.25, 0.3) is 0 Å². The first-order chi connectivity index (χ1) is 8.64. The Morgan fingerprint density at radius 1 is 1.15 bits per heavy atom. The van der Waals surface area contributed by atoms with Gasteiger partial charge in [0.2, 0.25) is 11.8 Å². The van der Waals surface area contributed by atoms with Gasteiger partial charge in [0.1, 0.15) is 0 Å². The Kier molecular flexibility index (Phi) is 10.7. The highest BCUT2D eigenvalue weighted by atomic mass is 35.5. The summed E-state index contributed by atoms with van der Waals surface area (Å²) in [5.74, 6) is 0.193. The van der Waals surface area contributed by atoms with Crippen LogP contribution in [0.1, 0.15) is 47.5 Å². The molecule has 4 N–H and O–H groups in total. The van der Waals surface area contributed by atoms with Gasteiger partial charge in [0.05, 0.1) is 6.54 Å². The molecule has 0 aliphatic heterocycles. The SMILES string of the molecule is CC(C)CC(CN)NC(=O)CNC(=O)CC(C)(C)C.Cl. The minimum atomic E-state index is -0.182. The molecule has 0 aromatic heterocycles. The molecule has 6 heteroatoms. The molecule has 1 atom stereocenters. The van der Waals surface area contributed by atoms with Gasteiger partial charge in [0.15, 0.2) is 0 Å². The number of carbonyl (C=O) groups is 2. The molecular formula is C14H30ClN3O2. The van der Waals surface area contributed by atoms with Crippen LogP contribution < -0.4 is 16.4 Å². The van der Waals surface area contributed by atoms with Gasteiger partial charge in [-0.3, -0.25) is 9.59 Å². The van der Waals surface area contributed by atoms with Crippen LogP contribution in [0.3, 0.4) is 0 Å². The number of rotatable bonds is 7. The summed E-state index contributed by atoms with van der Waals surface area (Å²) in [5.41, 5.74) is 5.54. The first kappa shape index (κ1) is 21.5. The minimum Gasteiger partial charge on any atom is -0.351 e. The first-order valence-corrected chi connectivity index (χ1v) is 6.90. The lowest BCUT2D eigenvalue weighted by Crippen LogP contribution is -2.45. The van der Waals surface area contributed by atoms with E-state index >= 15 is 0 Å². The molecule has 0 spiro atoms. The largest absolute Gasteiger partial charge is 0.351 e. The van der Waals surface area contributed by atoms with Crippen molar-refractivity contribution in [3.05, 3.63) is 0 Å². The maximum absolute atomic E-state index is 11.7. The molecule has 0 heterocycles. The summed E-state index contributed by atoms with van der Waals surface area (Å²) in [6.07, 6.45) is 1.25. The molecule has 0 saturated carbocycles. The molecule has 0 saturated heterocycles. The highest BCUT2D eigenvalue weighted by molar-refractivity contribution is 5.85. The van der Waals surface area contributed by atoms with Gasteiger partial charge >= 0.3 is 0 Å². The zero-order valence-electron chi connectivity index (χ0n) is 13.3. The Balaban J connectivity index is 0. The highest BCUT2D eigenvalue weighted by Crippen LogP contribution is 2.17. The van der Waals surface area contributed by atoms with Crippen LogP contribution in [0.4, 0.5) is 0 Å². The van der Waals surface area contributed by atoms with E-state index in [0.29, 0.717) is 18.9 Å². The van der Waals surface area contributed by atoms with E-state index < -0.39 is 0 Å². The van der Waals surface area contributed by atoms with Crippen molar-refractivity contribution in [1.29, 1.82) is 0 Å². The number of hydrogen-bond acceptors (Lipinski definition) is 3. The summed E-state index contributed by atoms with van der Waals surface area (Å²) in [7, 11) is 0. The van der Waals surface area contributed by atoms with Gasteiger partial charge in [-0.2, -0.15) is 0 Å². The number of halogens is 1. The van der Waals surface area contributed by atoms with Gasteiger partial charge in [-0.05, 0) is 17.8 Å². The molecule has 0 bridgehead atoms. The van der Waals surface area contributed by atoms with Gasteiger partial charge in [-0.1, -0.05) is 34.6 Å². The minimum absolute atomic E-state index is 0. The second-order valence-electron chi connectivity index (χ2n) is 6.64. The molecule has 5 nitrogen and oxygen atoms in total. The lowest BCUT2D eigenvalue weighted by atomic mass is 9.92. The summed E-state index contributed by atoms with van der Waals surface area (Å²) < 4.78 is 0. The van der Waals surface area contributed by atoms with E-state index in [1.807, 2.05) is 20.8 Å². The number of nitrogens with one attached hydrogen (secondary N) is 2. The van der Waals surface area contributed by atoms with Gasteiger partial charge in [0, 0.05) is 19.0 Å². The maximum atomic E-state index is 11.7. The van der Waals surface area contributed by atoms with Crippen LogP contribution in [0.5, 0.6) is 0 Å². The van der Waals surface area contributed by atoms with Crippen LogP contribution in [0, 0.1) is 11.3 Å². The quantitative estimate of drug-likeness (QED) is 0.665. The van der Waals surface area contributed by atoms with E-state index in [-0.39, 0.29) is 42.2 Å². The lowest BCUT2D eigenvalue weighted by molar-refractivity contribution is -0.127. The molecule has 0 aliphatic carbocycles. The third kappa shape index (κ3) is 12.2. The molecule has 0 aliphatic rings. The van der Waals surface area contributed by atoms with Gasteiger partial charge in [-0.25, -0.2) is 0 Å². The Morgan fingerprint density at radius 3 is 2.10 bits per heavy atom. The molecule has 0 rings (SSSR count). The van der Waals surface area contributed by atoms with E-state index in [1.165, 1.54) is 0 Å². The summed E-state index contributed by atoms with van der Waals surface area (Å²) >= 11 is 0. The van der Waals surface area contributed by atoms with Crippen molar-refractivity contribution in [1.82, 2.24) is 10.6 Å². The Labute approximate surface area is 128 Å². The average Bonchev–Trinajstić information content (AvgIpc) is 2.22. The number of carbonyl (C=O) groups excluding carboxylic acids is 2. The van der Waals surface area contributed by atoms with Gasteiger partial charge in [0.25, 0.3) is 0 Å². The van der Waals surface area contributed by atoms with E-state index in [2.05, 4.69) is 24.5 Å². The van der Waals surface area contributed by atoms with E-state index in [9.17, 15) is 9.59 Å². The first-order valence-electron chi connectivity index (χ1n) is 6.90. The van der Waals surface area contributed by atoms with Crippen molar-refractivity contribution in [2.24, 2.45) is 17.1 Å². The Bertz CT molecular complexity index is 301. The standard InChI is InChI=1S/C14H29N3O2.ClH/c1-10(2)6-11(8-15)17-13(19)9-16-12(18)7-14(3,4)5;/h10-11H,6-9,15H2,1-5H3,(H,16,18)(H,17,19);1H. The Morgan fingerprint density at radius 2 is 1.70 bits per heavy atom. The summed E-state index contributed by atoms with van der Waals surface area (Å²) in [6, 6.07) is -0.0213. The highest BCUT2D eigenvalue weighted by Gasteiger charge is 2.17. The van der Waals surface area contributed by atoms with E-state index in [0.717, 1.165) is 6.42 Å². The zero-order chi connectivity index (χ0) is 15.1. The third-order valence-corrected chi connectivity index (χ3v) is 2.54. The van der Waals surface area contributed by atoms with E-state index in [1.54, 1.807) is 0 Å². The van der Waals surface area contributed by atoms with Crippen molar-refractivity contribution in [3.8, 4) is 0 Å². The lowest BCUT2D eigenvalue weighted by Gasteiger charge is -2.20. The van der Waals surface area contributed by atoms with Crippen LogP contribution in [-0.2, 0) is 9.59 Å². The topological polar surface area (TPSA) is 84.2 Å². The van der Waals surface area contributed by atoms with Crippen LogP contribution in [0.15, 0.2) is 0 Å². The van der Waals surface area contributed by atoms with Crippen molar-refractivity contribution < 1.29 is 9.59 Å². The fourth-order valence-electron chi connectivity index (χ4n) is 1.78. The third-order valence-electron chi connectivity index (χ3n) is 2.54. The molecule has 0 radical (unpaired) electrons. The molecule has 2 amide bonds. The average molecular weight is 308 g/mol. The van der Waals surface area contributed by atoms with Gasteiger partial charge in [-0.15, -0.1) is 12.4 Å². The maximum Gasteiger partial charge on any atom is 0.239 e. The van der Waals surface area contributed by atoms with Crippen molar-refractivity contribution in [2.75, 3.05) is 13.1 Å². The van der Waals surface area contributed by atoms with Crippen LogP contribution >= 0.6 is 12.4 Å². The molecule has 120 valence electrons. The number of nitrogens with two attached hydrogens (primary N) is 1. The second kappa shape index (κ2) is 10.00. The molecule has 0 fully saturated rings. The summed E-state index contributed by atoms with van der Waals surface area (Å²) in [6.45, 7) is 10.6. The van der Waals surface area contributed by atoms with Crippen molar-refractivity contribution in [2.45, 2.75) is 53.5 Å². The van der Waals surface area contributed by atoms with Crippen molar-refractivity contribution >= 4 is 24.2 Å².